The fraction of sp³-hybridized carbons (Fsp3) is 0.222. The van der Waals surface area contributed by atoms with Crippen molar-refractivity contribution >= 4 is 40.8 Å². The molecule has 2 N–H and O–H groups in total. The van der Waals surface area contributed by atoms with Crippen LogP contribution in [-0.4, -0.2) is 25.5 Å². The van der Waals surface area contributed by atoms with E-state index in [9.17, 15) is 9.59 Å². The van der Waals surface area contributed by atoms with Crippen molar-refractivity contribution in [2.24, 2.45) is 0 Å². The molecule has 0 heterocycles. The van der Waals surface area contributed by atoms with Crippen molar-refractivity contribution in [3.8, 4) is 0 Å². The van der Waals surface area contributed by atoms with E-state index in [1.54, 1.807) is 36.4 Å². The number of rotatable bonds is 6. The van der Waals surface area contributed by atoms with Crippen LogP contribution in [0, 0.1) is 0 Å². The van der Waals surface area contributed by atoms with Gasteiger partial charge in [0.05, 0.1) is 24.9 Å². The number of methoxy groups -OCH3 is 1. The first kappa shape index (κ1) is 19.2. The normalized spacial score (nSPS) is 11.7. The van der Waals surface area contributed by atoms with E-state index in [0.29, 0.717) is 21.3 Å². The van der Waals surface area contributed by atoms with Crippen molar-refractivity contribution in [3.05, 3.63) is 63.6 Å². The second-order valence-electron chi connectivity index (χ2n) is 5.35. The zero-order chi connectivity index (χ0) is 18.4. The van der Waals surface area contributed by atoms with Crippen molar-refractivity contribution < 1.29 is 14.3 Å². The van der Waals surface area contributed by atoms with Crippen LogP contribution in [0.4, 0.5) is 5.69 Å². The molecule has 0 aliphatic rings. The van der Waals surface area contributed by atoms with Crippen LogP contribution in [0.5, 0.6) is 0 Å². The van der Waals surface area contributed by atoms with Crippen LogP contribution < -0.4 is 10.6 Å². The van der Waals surface area contributed by atoms with Gasteiger partial charge in [-0.1, -0.05) is 41.4 Å². The maximum atomic E-state index is 12.2. The van der Waals surface area contributed by atoms with Gasteiger partial charge in [-0.3, -0.25) is 4.79 Å². The molecule has 0 spiro atoms. The van der Waals surface area contributed by atoms with E-state index in [1.807, 2.05) is 13.0 Å². The number of carbonyl (C=O) groups is 2. The summed E-state index contributed by atoms with van der Waals surface area (Å²) in [6.07, 6.45) is 0. The Labute approximate surface area is 156 Å². The predicted octanol–water partition coefficient (Wildman–Crippen LogP) is 4.07. The molecular weight excluding hydrogens is 363 g/mol. The average Bonchev–Trinajstić information content (AvgIpc) is 2.59. The van der Waals surface area contributed by atoms with E-state index in [2.05, 4.69) is 10.6 Å². The van der Waals surface area contributed by atoms with E-state index in [1.165, 1.54) is 7.11 Å². The number of benzene rings is 2. The number of carbonyl (C=O) groups excluding carboxylic acids is 2. The number of ether oxygens (including phenoxy) is 1. The second kappa shape index (κ2) is 8.85. The molecule has 0 saturated heterocycles. The van der Waals surface area contributed by atoms with Gasteiger partial charge >= 0.3 is 5.97 Å². The molecule has 132 valence electrons. The highest BCUT2D eigenvalue weighted by molar-refractivity contribution is 6.35. The van der Waals surface area contributed by atoms with Crippen molar-refractivity contribution in [1.29, 1.82) is 0 Å². The lowest BCUT2D eigenvalue weighted by Gasteiger charge is -2.16. The van der Waals surface area contributed by atoms with Gasteiger partial charge in [0.1, 0.15) is 0 Å². The Kier molecular flexibility index (Phi) is 6.82. The number of hydrogen-bond donors (Lipinski definition) is 2. The van der Waals surface area contributed by atoms with Gasteiger partial charge in [0.15, 0.2) is 0 Å². The predicted molar refractivity (Wildman–Crippen MR) is 99.3 cm³/mol. The quantitative estimate of drug-likeness (QED) is 0.741. The Morgan fingerprint density at radius 2 is 1.88 bits per heavy atom. The van der Waals surface area contributed by atoms with Gasteiger partial charge in [0, 0.05) is 16.1 Å². The summed E-state index contributed by atoms with van der Waals surface area (Å²) in [5.41, 5.74) is 1.54. The number of hydrogen-bond acceptors (Lipinski definition) is 4. The first-order valence-electron chi connectivity index (χ1n) is 7.58. The first-order chi connectivity index (χ1) is 11.9. The van der Waals surface area contributed by atoms with Gasteiger partial charge in [0.25, 0.3) is 0 Å². The monoisotopic (exact) mass is 380 g/mol. The second-order valence-corrected chi connectivity index (χ2v) is 6.20. The SMILES string of the molecule is COC(=O)c1ccccc1NC(=O)CNC(C)c1ccc(Cl)cc1Cl. The Balaban J connectivity index is 1.98. The Morgan fingerprint density at radius 3 is 2.56 bits per heavy atom. The Bertz CT molecular complexity index is 781. The Morgan fingerprint density at radius 1 is 1.16 bits per heavy atom. The van der Waals surface area contributed by atoms with E-state index >= 15 is 0 Å². The van der Waals surface area contributed by atoms with Crippen LogP contribution >= 0.6 is 23.2 Å². The zero-order valence-corrected chi connectivity index (χ0v) is 15.3. The van der Waals surface area contributed by atoms with Crippen LogP contribution in [0.25, 0.3) is 0 Å². The maximum Gasteiger partial charge on any atom is 0.339 e. The molecule has 25 heavy (non-hydrogen) atoms. The Hall–Kier alpha value is -2.08. The van der Waals surface area contributed by atoms with Gasteiger partial charge in [-0.25, -0.2) is 4.79 Å². The van der Waals surface area contributed by atoms with Crippen LogP contribution in [0.3, 0.4) is 0 Å². The van der Waals surface area contributed by atoms with Gasteiger partial charge < -0.3 is 15.4 Å². The lowest BCUT2D eigenvalue weighted by atomic mass is 10.1. The molecule has 0 aliphatic carbocycles. The third-order valence-corrected chi connectivity index (χ3v) is 4.17. The summed E-state index contributed by atoms with van der Waals surface area (Å²) in [6, 6.07) is 11.7. The minimum absolute atomic E-state index is 0.0512. The fourth-order valence-electron chi connectivity index (χ4n) is 2.28. The molecule has 5 nitrogen and oxygen atoms in total. The summed E-state index contributed by atoms with van der Waals surface area (Å²) in [6.45, 7) is 1.94. The van der Waals surface area contributed by atoms with Crippen molar-refractivity contribution in [2.45, 2.75) is 13.0 Å². The first-order valence-corrected chi connectivity index (χ1v) is 8.33. The van der Waals surface area contributed by atoms with Gasteiger partial charge in [0.2, 0.25) is 5.91 Å². The molecule has 1 atom stereocenters. The van der Waals surface area contributed by atoms with Crippen LogP contribution in [-0.2, 0) is 9.53 Å². The number of nitrogens with one attached hydrogen (secondary N) is 2. The maximum absolute atomic E-state index is 12.2. The van der Waals surface area contributed by atoms with Crippen molar-refractivity contribution in [1.82, 2.24) is 5.32 Å². The molecule has 2 rings (SSSR count). The molecule has 7 heteroatoms. The van der Waals surface area contributed by atoms with Gasteiger partial charge in [-0.15, -0.1) is 0 Å². The summed E-state index contributed by atoms with van der Waals surface area (Å²) in [5, 5.41) is 6.87. The molecule has 0 aliphatic heterocycles. The van der Waals surface area contributed by atoms with E-state index in [4.69, 9.17) is 27.9 Å². The molecule has 1 amide bonds. The topological polar surface area (TPSA) is 67.4 Å². The van der Waals surface area contributed by atoms with Gasteiger partial charge in [-0.05, 0) is 36.8 Å². The number of amides is 1. The summed E-state index contributed by atoms with van der Waals surface area (Å²) in [7, 11) is 1.29. The summed E-state index contributed by atoms with van der Waals surface area (Å²) in [4.78, 5) is 23.9. The highest BCUT2D eigenvalue weighted by Crippen LogP contribution is 2.26. The number of esters is 1. The highest BCUT2D eigenvalue weighted by atomic mass is 35.5. The molecule has 1 unspecified atom stereocenters. The smallest absolute Gasteiger partial charge is 0.339 e. The van der Waals surface area contributed by atoms with Crippen LogP contribution in [0.1, 0.15) is 28.9 Å². The van der Waals surface area contributed by atoms with E-state index < -0.39 is 5.97 Å². The average molecular weight is 381 g/mol. The lowest BCUT2D eigenvalue weighted by molar-refractivity contribution is -0.115. The molecule has 0 fully saturated rings. The molecule has 0 aromatic heterocycles. The van der Waals surface area contributed by atoms with E-state index in [-0.39, 0.29) is 18.5 Å². The number of halogens is 2. The molecule has 0 bridgehead atoms. The van der Waals surface area contributed by atoms with Gasteiger partial charge in [-0.2, -0.15) is 0 Å². The summed E-state index contributed by atoms with van der Waals surface area (Å²) in [5.74, 6) is -0.793. The summed E-state index contributed by atoms with van der Waals surface area (Å²) >= 11 is 12.0. The molecular formula is C18H18Cl2N2O3. The largest absolute Gasteiger partial charge is 0.465 e. The van der Waals surface area contributed by atoms with Crippen molar-refractivity contribution in [3.63, 3.8) is 0 Å². The molecule has 0 radical (unpaired) electrons. The van der Waals surface area contributed by atoms with Crippen LogP contribution in [0.15, 0.2) is 42.5 Å². The lowest BCUT2D eigenvalue weighted by Crippen LogP contribution is -2.30. The fourth-order valence-corrected chi connectivity index (χ4v) is 2.86. The molecule has 2 aromatic rings. The highest BCUT2D eigenvalue weighted by Gasteiger charge is 2.15. The third-order valence-electron chi connectivity index (χ3n) is 3.60. The number of anilines is 1. The van der Waals surface area contributed by atoms with Crippen molar-refractivity contribution in [2.75, 3.05) is 19.0 Å². The minimum Gasteiger partial charge on any atom is -0.465 e. The molecule has 2 aromatic carbocycles. The number of para-hydroxylation sites is 1. The standard InChI is InChI=1S/C18H18Cl2N2O3/c1-11(13-8-7-12(19)9-15(13)20)21-10-17(23)22-16-6-4-3-5-14(16)18(24)25-2/h3-9,11,21H,10H2,1-2H3,(H,22,23). The molecule has 0 saturated carbocycles. The van der Waals surface area contributed by atoms with Crippen LogP contribution in [0.2, 0.25) is 10.0 Å². The third kappa shape index (κ3) is 5.19. The van der Waals surface area contributed by atoms with E-state index in [0.717, 1.165) is 5.56 Å². The summed E-state index contributed by atoms with van der Waals surface area (Å²) < 4.78 is 4.71. The zero-order valence-electron chi connectivity index (χ0n) is 13.8. The minimum atomic E-state index is -0.509.